The third-order valence-corrected chi connectivity index (χ3v) is 3.33. The lowest BCUT2D eigenvalue weighted by Crippen LogP contribution is -2.17. The Morgan fingerprint density at radius 1 is 1.44 bits per heavy atom. The zero-order chi connectivity index (χ0) is 11.5. The van der Waals surface area contributed by atoms with Crippen LogP contribution in [0.15, 0.2) is 22.7 Å². The molecule has 0 spiro atoms. The average Bonchev–Trinajstić information content (AvgIpc) is 2.84. The van der Waals surface area contributed by atoms with Crippen molar-refractivity contribution in [2.45, 2.75) is 33.4 Å². The minimum Gasteiger partial charge on any atom is -0.465 e. The van der Waals surface area contributed by atoms with Gasteiger partial charge in [0.15, 0.2) is 0 Å². The van der Waals surface area contributed by atoms with Gasteiger partial charge in [0.05, 0.1) is 6.04 Å². The van der Waals surface area contributed by atoms with E-state index in [0.29, 0.717) is 0 Å². The topological polar surface area (TPSA) is 38.1 Å². The minimum atomic E-state index is 0.220. The molecular weight excluding hydrogens is 220 g/mol. The maximum absolute atomic E-state index is 5.56. The Morgan fingerprint density at radius 3 is 2.81 bits per heavy atom. The molecule has 1 unspecified atom stereocenters. The van der Waals surface area contributed by atoms with Crippen molar-refractivity contribution in [3.63, 3.8) is 0 Å². The molecule has 2 rings (SSSR count). The largest absolute Gasteiger partial charge is 0.465 e. The summed E-state index contributed by atoms with van der Waals surface area (Å²) in [5.41, 5.74) is 0. The second-order valence-electron chi connectivity index (χ2n) is 3.92. The summed E-state index contributed by atoms with van der Waals surface area (Å²) in [7, 11) is 0. The molecule has 0 amide bonds. The van der Waals surface area contributed by atoms with Crippen LogP contribution in [-0.2, 0) is 6.54 Å². The van der Waals surface area contributed by atoms with Crippen molar-refractivity contribution in [1.29, 1.82) is 0 Å². The van der Waals surface area contributed by atoms with Gasteiger partial charge in [-0.15, -0.1) is 11.3 Å². The van der Waals surface area contributed by atoms with E-state index in [1.54, 1.807) is 11.3 Å². The van der Waals surface area contributed by atoms with E-state index in [2.05, 4.69) is 24.1 Å². The predicted molar refractivity (Wildman–Crippen MR) is 65.6 cm³/mol. The highest BCUT2D eigenvalue weighted by molar-refractivity contribution is 7.11. The second-order valence-corrected chi connectivity index (χ2v) is 5.23. The monoisotopic (exact) mass is 236 g/mol. The van der Waals surface area contributed by atoms with Gasteiger partial charge in [-0.05, 0) is 32.9 Å². The fourth-order valence-electron chi connectivity index (χ4n) is 1.51. The molecule has 0 aliphatic heterocycles. The normalized spacial score (nSPS) is 12.9. The lowest BCUT2D eigenvalue weighted by Gasteiger charge is -2.09. The summed E-state index contributed by atoms with van der Waals surface area (Å²) in [6, 6.07) is 4.22. The first-order valence-corrected chi connectivity index (χ1v) is 6.18. The Kier molecular flexibility index (Phi) is 3.41. The fourth-order valence-corrected chi connectivity index (χ4v) is 2.25. The number of hydrogen-bond donors (Lipinski definition) is 1. The van der Waals surface area contributed by atoms with Gasteiger partial charge in [-0.3, -0.25) is 0 Å². The molecule has 4 heteroatoms. The average molecular weight is 236 g/mol. The van der Waals surface area contributed by atoms with Gasteiger partial charge in [-0.2, -0.15) is 0 Å². The Morgan fingerprint density at radius 2 is 2.25 bits per heavy atom. The summed E-state index contributed by atoms with van der Waals surface area (Å²) in [5, 5.41) is 4.51. The smallest absolute Gasteiger partial charge is 0.120 e. The van der Waals surface area contributed by atoms with Crippen LogP contribution in [0.3, 0.4) is 0 Å². The fraction of sp³-hybridized carbons (Fsp3) is 0.417. The van der Waals surface area contributed by atoms with Crippen LogP contribution in [0.2, 0.25) is 0 Å². The number of aryl methyl sites for hydroxylation is 2. The van der Waals surface area contributed by atoms with Crippen molar-refractivity contribution in [3.05, 3.63) is 39.7 Å². The molecule has 0 fully saturated rings. The zero-order valence-corrected chi connectivity index (χ0v) is 10.6. The van der Waals surface area contributed by atoms with Crippen molar-refractivity contribution in [2.75, 3.05) is 0 Å². The minimum absolute atomic E-state index is 0.220. The van der Waals surface area contributed by atoms with Crippen LogP contribution in [0.1, 0.15) is 34.4 Å². The lowest BCUT2D eigenvalue weighted by molar-refractivity contribution is 0.415. The van der Waals surface area contributed by atoms with Gasteiger partial charge in [0.2, 0.25) is 0 Å². The number of hydrogen-bond acceptors (Lipinski definition) is 4. The van der Waals surface area contributed by atoms with E-state index in [0.717, 1.165) is 23.1 Å². The first kappa shape index (κ1) is 11.4. The van der Waals surface area contributed by atoms with Gasteiger partial charge in [0, 0.05) is 17.6 Å². The molecule has 16 heavy (non-hydrogen) atoms. The van der Waals surface area contributed by atoms with Crippen LogP contribution in [0.5, 0.6) is 0 Å². The SMILES string of the molecule is Cc1ccc(C(C)NCc2ncc(C)s2)o1. The summed E-state index contributed by atoms with van der Waals surface area (Å²) >= 11 is 1.73. The van der Waals surface area contributed by atoms with Crippen LogP contribution < -0.4 is 5.32 Å². The number of rotatable bonds is 4. The van der Waals surface area contributed by atoms with Gasteiger partial charge in [0.25, 0.3) is 0 Å². The molecule has 86 valence electrons. The maximum atomic E-state index is 5.56. The molecule has 0 aliphatic carbocycles. The quantitative estimate of drug-likeness (QED) is 0.885. The Hall–Kier alpha value is -1.13. The molecule has 0 aliphatic rings. The zero-order valence-electron chi connectivity index (χ0n) is 9.78. The lowest BCUT2D eigenvalue weighted by atomic mass is 10.2. The van der Waals surface area contributed by atoms with Crippen LogP contribution in [-0.4, -0.2) is 4.98 Å². The first-order chi connectivity index (χ1) is 7.65. The van der Waals surface area contributed by atoms with Crippen molar-refractivity contribution < 1.29 is 4.42 Å². The Balaban J connectivity index is 1.91. The van der Waals surface area contributed by atoms with Crippen molar-refractivity contribution in [3.8, 4) is 0 Å². The number of nitrogens with zero attached hydrogens (tertiary/aromatic N) is 1. The first-order valence-electron chi connectivity index (χ1n) is 5.36. The number of furan rings is 1. The van der Waals surface area contributed by atoms with Crippen molar-refractivity contribution in [2.24, 2.45) is 0 Å². The molecule has 0 bridgehead atoms. The summed E-state index contributed by atoms with van der Waals surface area (Å²) in [6.07, 6.45) is 1.91. The molecule has 0 saturated carbocycles. The molecular formula is C12H16N2OS. The van der Waals surface area contributed by atoms with E-state index in [-0.39, 0.29) is 6.04 Å². The summed E-state index contributed by atoms with van der Waals surface area (Å²) in [5.74, 6) is 1.93. The molecule has 2 aromatic rings. The molecule has 2 heterocycles. The van der Waals surface area contributed by atoms with Crippen LogP contribution in [0, 0.1) is 13.8 Å². The molecule has 1 atom stereocenters. The van der Waals surface area contributed by atoms with E-state index in [4.69, 9.17) is 4.42 Å². The van der Waals surface area contributed by atoms with Gasteiger partial charge < -0.3 is 9.73 Å². The molecule has 1 N–H and O–H groups in total. The second kappa shape index (κ2) is 4.80. The van der Waals surface area contributed by atoms with Crippen LogP contribution in [0.25, 0.3) is 0 Å². The van der Waals surface area contributed by atoms with Crippen molar-refractivity contribution >= 4 is 11.3 Å². The van der Waals surface area contributed by atoms with Gasteiger partial charge in [0.1, 0.15) is 16.5 Å². The summed E-state index contributed by atoms with van der Waals surface area (Å²) in [6.45, 7) is 6.92. The number of thiazole rings is 1. The standard InChI is InChI=1S/C12H16N2OS/c1-8-4-5-11(15-8)10(3)13-7-12-14-6-9(2)16-12/h4-6,10,13H,7H2,1-3H3. The Bertz CT molecular complexity index is 461. The summed E-state index contributed by atoms with van der Waals surface area (Å²) in [4.78, 5) is 5.56. The number of aromatic nitrogens is 1. The Labute approximate surface area is 99.5 Å². The maximum Gasteiger partial charge on any atom is 0.120 e. The summed E-state index contributed by atoms with van der Waals surface area (Å²) < 4.78 is 5.56. The van der Waals surface area contributed by atoms with Crippen LogP contribution in [0.4, 0.5) is 0 Å². The van der Waals surface area contributed by atoms with E-state index < -0.39 is 0 Å². The third kappa shape index (κ3) is 2.71. The highest BCUT2D eigenvalue weighted by Crippen LogP contribution is 2.17. The van der Waals surface area contributed by atoms with Gasteiger partial charge in [-0.1, -0.05) is 0 Å². The highest BCUT2D eigenvalue weighted by atomic mass is 32.1. The highest BCUT2D eigenvalue weighted by Gasteiger charge is 2.09. The molecule has 2 aromatic heterocycles. The van der Waals surface area contributed by atoms with E-state index in [1.807, 2.05) is 25.3 Å². The molecule has 3 nitrogen and oxygen atoms in total. The molecule has 0 radical (unpaired) electrons. The van der Waals surface area contributed by atoms with Crippen molar-refractivity contribution in [1.82, 2.24) is 10.3 Å². The molecule has 0 saturated heterocycles. The molecule has 0 aromatic carbocycles. The van der Waals surface area contributed by atoms with E-state index >= 15 is 0 Å². The van der Waals surface area contributed by atoms with Gasteiger partial charge >= 0.3 is 0 Å². The van der Waals surface area contributed by atoms with Crippen LogP contribution >= 0.6 is 11.3 Å². The third-order valence-electron chi connectivity index (χ3n) is 2.42. The van der Waals surface area contributed by atoms with E-state index in [9.17, 15) is 0 Å². The number of nitrogens with one attached hydrogen (secondary N) is 1. The predicted octanol–water partition coefficient (Wildman–Crippen LogP) is 3.20. The van der Waals surface area contributed by atoms with Gasteiger partial charge in [-0.25, -0.2) is 4.98 Å². The van der Waals surface area contributed by atoms with E-state index in [1.165, 1.54) is 4.88 Å².